The first kappa shape index (κ1) is 22.6. The molecule has 0 aliphatic carbocycles. The van der Waals surface area contributed by atoms with Crippen molar-refractivity contribution in [2.45, 2.75) is 32.4 Å². The number of benzene rings is 2. The molecular weight excluding hydrogens is 471 g/mol. The third kappa shape index (κ3) is 4.20. The number of nitrogens with zero attached hydrogens (tertiary/aromatic N) is 1. The van der Waals surface area contributed by atoms with Gasteiger partial charge in [0.15, 0.2) is 0 Å². The van der Waals surface area contributed by atoms with Gasteiger partial charge in [-0.1, -0.05) is 48.3 Å². The fraction of sp³-hybridized carbons (Fsp3) is 0.261. The van der Waals surface area contributed by atoms with Crippen molar-refractivity contribution in [2.24, 2.45) is 0 Å². The molecule has 1 aliphatic rings. The largest absolute Gasteiger partial charge is 0.480 e. The van der Waals surface area contributed by atoms with E-state index in [1.54, 1.807) is 17.9 Å². The maximum atomic E-state index is 13.1. The highest BCUT2D eigenvalue weighted by molar-refractivity contribution is 7.20. The zero-order chi connectivity index (χ0) is 23.0. The van der Waals surface area contributed by atoms with Crippen LogP contribution in [0.1, 0.15) is 44.5 Å². The number of fused-ring (bicyclic) bond motifs is 2. The number of aliphatic carboxylic acids is 1. The first-order valence-electron chi connectivity index (χ1n) is 10.1. The van der Waals surface area contributed by atoms with Crippen molar-refractivity contribution in [1.29, 1.82) is 0 Å². The van der Waals surface area contributed by atoms with Gasteiger partial charge in [0, 0.05) is 17.8 Å². The number of hydrogen-bond donors (Lipinski definition) is 2. The third-order valence-corrected chi connectivity index (χ3v) is 7.39. The van der Waals surface area contributed by atoms with Crippen LogP contribution in [-0.4, -0.2) is 40.4 Å². The van der Waals surface area contributed by atoms with E-state index in [-0.39, 0.29) is 27.9 Å². The van der Waals surface area contributed by atoms with E-state index in [4.69, 9.17) is 23.2 Å². The molecular formula is C23H20Cl2N2O4S. The second-order valence-corrected chi connectivity index (χ2v) is 9.45. The molecule has 2 N–H and O–H groups in total. The average molecular weight is 491 g/mol. The minimum Gasteiger partial charge on any atom is -0.480 e. The van der Waals surface area contributed by atoms with Crippen LogP contribution in [0.2, 0.25) is 10.0 Å². The number of rotatable bonds is 5. The van der Waals surface area contributed by atoms with Gasteiger partial charge in [-0.25, -0.2) is 4.79 Å². The minimum atomic E-state index is -1.12. The van der Waals surface area contributed by atoms with Gasteiger partial charge in [0.1, 0.15) is 6.04 Å². The number of amides is 2. The average Bonchev–Trinajstić information content (AvgIpc) is 3.20. The highest BCUT2D eigenvalue weighted by Gasteiger charge is 2.29. The summed E-state index contributed by atoms with van der Waals surface area (Å²) >= 11 is 14.4. The number of carboxylic acids is 1. The molecule has 0 unspecified atom stereocenters. The first-order valence-corrected chi connectivity index (χ1v) is 11.7. The third-order valence-electron chi connectivity index (χ3n) is 5.57. The van der Waals surface area contributed by atoms with Gasteiger partial charge in [-0.3, -0.25) is 9.59 Å². The van der Waals surface area contributed by atoms with Gasteiger partial charge in [-0.05, 0) is 47.6 Å². The Labute approximate surface area is 198 Å². The van der Waals surface area contributed by atoms with Crippen molar-refractivity contribution in [3.8, 4) is 0 Å². The van der Waals surface area contributed by atoms with E-state index in [9.17, 15) is 19.5 Å². The van der Waals surface area contributed by atoms with E-state index in [0.29, 0.717) is 24.4 Å². The number of hydrogen-bond acceptors (Lipinski definition) is 4. The lowest BCUT2D eigenvalue weighted by molar-refractivity contribution is -0.139. The van der Waals surface area contributed by atoms with Gasteiger partial charge >= 0.3 is 5.97 Å². The van der Waals surface area contributed by atoms with Crippen LogP contribution >= 0.6 is 34.5 Å². The van der Waals surface area contributed by atoms with Gasteiger partial charge in [0.2, 0.25) is 0 Å². The van der Waals surface area contributed by atoms with E-state index in [0.717, 1.165) is 21.2 Å². The van der Waals surface area contributed by atoms with Crippen molar-refractivity contribution in [3.05, 3.63) is 68.0 Å². The second kappa shape index (κ2) is 9.10. The molecule has 166 valence electrons. The summed E-state index contributed by atoms with van der Waals surface area (Å²) in [7, 11) is 0. The molecule has 9 heteroatoms. The van der Waals surface area contributed by atoms with Crippen LogP contribution < -0.4 is 5.32 Å². The number of nitrogens with one attached hydrogen (secondary N) is 1. The maximum absolute atomic E-state index is 13.1. The van der Waals surface area contributed by atoms with Crippen LogP contribution in [0, 0.1) is 0 Å². The summed E-state index contributed by atoms with van der Waals surface area (Å²) in [6.07, 6.45) is 0.703. The van der Waals surface area contributed by atoms with Crippen LogP contribution in [0.3, 0.4) is 0 Å². The van der Waals surface area contributed by atoms with Gasteiger partial charge in [-0.15, -0.1) is 11.3 Å². The van der Waals surface area contributed by atoms with Crippen molar-refractivity contribution in [3.63, 3.8) is 0 Å². The Morgan fingerprint density at radius 1 is 1.22 bits per heavy atom. The van der Waals surface area contributed by atoms with Crippen LogP contribution in [0.5, 0.6) is 0 Å². The molecule has 1 aromatic heterocycles. The van der Waals surface area contributed by atoms with Gasteiger partial charge in [-0.2, -0.15) is 0 Å². The van der Waals surface area contributed by atoms with Gasteiger partial charge in [0.25, 0.3) is 11.8 Å². The van der Waals surface area contributed by atoms with Crippen molar-refractivity contribution in [1.82, 2.24) is 10.2 Å². The summed E-state index contributed by atoms with van der Waals surface area (Å²) in [5, 5.41) is 13.0. The Balaban J connectivity index is 1.58. The van der Waals surface area contributed by atoms with Crippen molar-refractivity contribution < 1.29 is 19.5 Å². The minimum absolute atomic E-state index is 0.0573. The van der Waals surface area contributed by atoms with E-state index >= 15 is 0 Å². The lowest BCUT2D eigenvalue weighted by Gasteiger charge is -2.30. The molecule has 32 heavy (non-hydrogen) atoms. The van der Waals surface area contributed by atoms with E-state index in [2.05, 4.69) is 5.32 Å². The van der Waals surface area contributed by atoms with E-state index < -0.39 is 17.9 Å². The monoisotopic (exact) mass is 490 g/mol. The normalized spacial score (nSPS) is 14.2. The molecule has 0 bridgehead atoms. The summed E-state index contributed by atoms with van der Waals surface area (Å²) in [5.41, 5.74) is 1.60. The summed E-state index contributed by atoms with van der Waals surface area (Å²) in [6, 6.07) is 10.4. The van der Waals surface area contributed by atoms with Crippen LogP contribution in [-0.2, 0) is 17.8 Å². The Morgan fingerprint density at radius 3 is 2.66 bits per heavy atom. The molecule has 0 saturated heterocycles. The van der Waals surface area contributed by atoms with E-state index in [1.807, 2.05) is 30.3 Å². The van der Waals surface area contributed by atoms with E-state index in [1.165, 1.54) is 11.3 Å². The Hall–Kier alpha value is -2.61. The lowest BCUT2D eigenvalue weighted by Crippen LogP contribution is -2.41. The Kier molecular flexibility index (Phi) is 6.42. The predicted molar refractivity (Wildman–Crippen MR) is 126 cm³/mol. The number of halogens is 2. The number of carboxylic acid groups (broad SMARTS) is 1. The second-order valence-electron chi connectivity index (χ2n) is 7.58. The number of thiophene rings is 1. The van der Waals surface area contributed by atoms with Gasteiger partial charge < -0.3 is 15.3 Å². The first-order chi connectivity index (χ1) is 15.3. The van der Waals surface area contributed by atoms with Crippen LogP contribution in [0.4, 0.5) is 0 Å². The molecule has 2 aromatic carbocycles. The highest BCUT2D eigenvalue weighted by Crippen LogP contribution is 2.35. The Bertz CT molecular complexity index is 1210. The molecule has 0 radical (unpaired) electrons. The number of carbonyl (C=O) groups excluding carboxylic acids is 2. The molecule has 1 aliphatic heterocycles. The molecule has 3 aromatic rings. The zero-order valence-corrected chi connectivity index (χ0v) is 19.5. The van der Waals surface area contributed by atoms with Crippen LogP contribution in [0.15, 0.2) is 36.4 Å². The fourth-order valence-corrected chi connectivity index (χ4v) is 5.64. The molecule has 2 heterocycles. The highest BCUT2D eigenvalue weighted by atomic mass is 35.5. The maximum Gasteiger partial charge on any atom is 0.326 e. The summed E-state index contributed by atoms with van der Waals surface area (Å²) in [6.45, 7) is 2.45. The lowest BCUT2D eigenvalue weighted by atomic mass is 9.96. The molecule has 6 nitrogen and oxygen atoms in total. The topological polar surface area (TPSA) is 86.7 Å². The number of carbonyl (C=O) groups is 3. The molecule has 0 saturated carbocycles. The zero-order valence-electron chi connectivity index (χ0n) is 17.2. The predicted octanol–water partition coefficient (Wildman–Crippen LogP) is 5.00. The quantitative estimate of drug-likeness (QED) is 0.526. The smallest absolute Gasteiger partial charge is 0.326 e. The van der Waals surface area contributed by atoms with Gasteiger partial charge in [0.05, 0.1) is 20.5 Å². The molecule has 0 fully saturated rings. The van der Waals surface area contributed by atoms with Crippen molar-refractivity contribution >= 4 is 62.4 Å². The standard InChI is InChI=1S/C23H20Cl2N2O4S/c1-2-16(23(30)31)26-21(28)19-15(24)9-13-11-27(8-7-14(13)20(19)25)22(29)18-10-12-5-3-4-6-17(12)32-18/h3-6,9-10,16H,2,7-8,11H2,1H3,(H,26,28)(H,30,31)/t16-/m0/s1. The van der Waals surface area contributed by atoms with Crippen molar-refractivity contribution in [2.75, 3.05) is 6.54 Å². The summed E-state index contributed by atoms with van der Waals surface area (Å²) in [4.78, 5) is 39.4. The Morgan fingerprint density at radius 2 is 1.97 bits per heavy atom. The molecule has 2 amide bonds. The SMILES string of the molecule is CC[C@H](NC(=O)c1c(Cl)cc2c(c1Cl)CCN(C(=O)c1cc3ccccc3s1)C2)C(=O)O. The fourth-order valence-electron chi connectivity index (χ4n) is 3.85. The molecule has 1 atom stereocenters. The summed E-state index contributed by atoms with van der Waals surface area (Å²) < 4.78 is 1.06. The van der Waals surface area contributed by atoms with Crippen LogP contribution in [0.25, 0.3) is 10.1 Å². The molecule has 0 spiro atoms. The summed E-state index contributed by atoms with van der Waals surface area (Å²) in [5.74, 6) is -1.81. The molecule has 4 rings (SSSR count).